The molecule has 1 heterocycles. The van der Waals surface area contributed by atoms with Crippen LogP contribution in [-0.2, 0) is 0 Å². The minimum atomic E-state index is -0.209. The van der Waals surface area contributed by atoms with Crippen LogP contribution in [0, 0.1) is 5.82 Å². The summed E-state index contributed by atoms with van der Waals surface area (Å²) in [4.78, 5) is 4.89. The van der Waals surface area contributed by atoms with E-state index in [4.69, 9.17) is 5.73 Å². The fourth-order valence-corrected chi connectivity index (χ4v) is 2.92. The van der Waals surface area contributed by atoms with Crippen molar-refractivity contribution >= 4 is 0 Å². The first-order valence-electron chi connectivity index (χ1n) is 7.42. The molecule has 20 heavy (non-hydrogen) atoms. The lowest BCUT2D eigenvalue weighted by atomic mass is 10.0. The highest BCUT2D eigenvalue weighted by Crippen LogP contribution is 2.18. The molecule has 1 aliphatic heterocycles. The molecule has 0 bridgehead atoms. The summed E-state index contributed by atoms with van der Waals surface area (Å²) in [6.45, 7) is 7.65. The normalized spacial score (nSPS) is 26.6. The summed E-state index contributed by atoms with van der Waals surface area (Å²) in [5.74, 6) is -0.209. The van der Waals surface area contributed by atoms with Gasteiger partial charge in [-0.15, -0.1) is 0 Å². The topological polar surface area (TPSA) is 32.5 Å². The van der Waals surface area contributed by atoms with Crippen molar-refractivity contribution in [1.29, 1.82) is 0 Å². The Morgan fingerprint density at radius 3 is 2.55 bits per heavy atom. The van der Waals surface area contributed by atoms with E-state index in [0.717, 1.165) is 31.6 Å². The Balaban J connectivity index is 1.86. The lowest BCUT2D eigenvalue weighted by Crippen LogP contribution is -2.55. The lowest BCUT2D eigenvalue weighted by Gasteiger charge is -2.42. The molecule has 1 aromatic carbocycles. The summed E-state index contributed by atoms with van der Waals surface area (Å²) in [6.07, 6.45) is 0.868. The average Bonchev–Trinajstić information content (AvgIpc) is 2.42. The van der Waals surface area contributed by atoms with Gasteiger partial charge < -0.3 is 10.6 Å². The van der Waals surface area contributed by atoms with Crippen LogP contribution in [0.25, 0.3) is 0 Å². The van der Waals surface area contributed by atoms with Crippen molar-refractivity contribution in [3.63, 3.8) is 0 Å². The van der Waals surface area contributed by atoms with Crippen LogP contribution in [0.5, 0.6) is 0 Å². The van der Waals surface area contributed by atoms with E-state index in [2.05, 4.69) is 30.7 Å². The summed E-state index contributed by atoms with van der Waals surface area (Å²) in [7, 11) is 2.19. The van der Waals surface area contributed by atoms with Crippen LogP contribution in [0.3, 0.4) is 0 Å². The minimum absolute atomic E-state index is 0.0871. The number of nitrogens with two attached hydrogens (primary N) is 1. The van der Waals surface area contributed by atoms with Crippen LogP contribution in [0.1, 0.15) is 31.9 Å². The molecular weight excluding hydrogens is 253 g/mol. The number of likely N-dealkylation sites (N-methyl/N-ethyl adjacent to an activating group) is 1. The smallest absolute Gasteiger partial charge is 0.123 e. The van der Waals surface area contributed by atoms with Crippen LogP contribution in [-0.4, -0.2) is 48.6 Å². The molecule has 3 atom stereocenters. The first-order chi connectivity index (χ1) is 9.47. The number of hydrogen-bond donors (Lipinski definition) is 1. The molecule has 0 aromatic heterocycles. The molecule has 1 saturated heterocycles. The van der Waals surface area contributed by atoms with E-state index >= 15 is 0 Å². The summed E-state index contributed by atoms with van der Waals surface area (Å²) < 4.78 is 13.2. The molecular formula is C16H26FN3. The monoisotopic (exact) mass is 279 g/mol. The van der Waals surface area contributed by atoms with Gasteiger partial charge in [-0.1, -0.05) is 12.1 Å². The summed E-state index contributed by atoms with van der Waals surface area (Å²) in [5, 5.41) is 0. The zero-order chi connectivity index (χ0) is 14.7. The third-order valence-corrected chi connectivity index (χ3v) is 4.47. The maximum absolute atomic E-state index is 13.2. The van der Waals surface area contributed by atoms with E-state index < -0.39 is 0 Å². The van der Waals surface area contributed by atoms with Gasteiger partial charge in [0, 0.05) is 37.8 Å². The highest BCUT2D eigenvalue weighted by Gasteiger charge is 2.26. The summed E-state index contributed by atoms with van der Waals surface area (Å²) >= 11 is 0. The van der Waals surface area contributed by atoms with Gasteiger partial charge in [0.25, 0.3) is 0 Å². The quantitative estimate of drug-likeness (QED) is 0.917. The molecule has 1 aromatic rings. The van der Waals surface area contributed by atoms with E-state index in [1.165, 1.54) is 6.07 Å². The van der Waals surface area contributed by atoms with E-state index in [0.29, 0.717) is 12.1 Å². The van der Waals surface area contributed by atoms with Crippen molar-refractivity contribution in [1.82, 2.24) is 9.80 Å². The maximum atomic E-state index is 13.2. The number of rotatable bonds is 4. The first kappa shape index (κ1) is 15.4. The average molecular weight is 279 g/mol. The number of halogens is 1. The number of benzene rings is 1. The molecule has 0 aliphatic carbocycles. The maximum Gasteiger partial charge on any atom is 0.123 e. The van der Waals surface area contributed by atoms with Gasteiger partial charge in [0.15, 0.2) is 0 Å². The van der Waals surface area contributed by atoms with Crippen molar-refractivity contribution in [3.05, 3.63) is 35.6 Å². The Morgan fingerprint density at radius 1 is 1.30 bits per heavy atom. The summed E-state index contributed by atoms with van der Waals surface area (Å²) in [5.41, 5.74) is 7.06. The second kappa shape index (κ2) is 6.66. The lowest BCUT2D eigenvalue weighted by molar-refractivity contribution is 0.0584. The van der Waals surface area contributed by atoms with Crippen molar-refractivity contribution in [2.45, 2.75) is 38.4 Å². The third-order valence-electron chi connectivity index (χ3n) is 4.47. The molecule has 2 N–H and O–H groups in total. The number of hydrogen-bond acceptors (Lipinski definition) is 3. The van der Waals surface area contributed by atoms with Crippen molar-refractivity contribution in [2.24, 2.45) is 5.73 Å². The second-order valence-corrected chi connectivity index (χ2v) is 6.07. The zero-order valence-electron chi connectivity index (χ0n) is 12.7. The van der Waals surface area contributed by atoms with Gasteiger partial charge in [0.1, 0.15) is 5.82 Å². The van der Waals surface area contributed by atoms with Gasteiger partial charge >= 0.3 is 0 Å². The van der Waals surface area contributed by atoms with Gasteiger partial charge in [-0.3, -0.25) is 4.90 Å². The molecule has 3 unspecified atom stereocenters. The molecule has 3 nitrogen and oxygen atoms in total. The zero-order valence-corrected chi connectivity index (χ0v) is 12.7. The van der Waals surface area contributed by atoms with E-state index in [1.807, 2.05) is 6.07 Å². The van der Waals surface area contributed by atoms with Crippen molar-refractivity contribution < 1.29 is 4.39 Å². The fourth-order valence-electron chi connectivity index (χ4n) is 2.92. The van der Waals surface area contributed by atoms with Crippen LogP contribution in [0.4, 0.5) is 4.39 Å². The first-order valence-corrected chi connectivity index (χ1v) is 7.42. The SMILES string of the molecule is CC1CN(CCC(N)c2cccc(F)c2)CC(C)N1C. The van der Waals surface area contributed by atoms with Crippen molar-refractivity contribution in [2.75, 3.05) is 26.7 Å². The molecule has 1 aliphatic rings. The van der Waals surface area contributed by atoms with Gasteiger partial charge in [-0.05, 0) is 45.0 Å². The predicted molar refractivity (Wildman–Crippen MR) is 81.1 cm³/mol. The largest absolute Gasteiger partial charge is 0.324 e. The third kappa shape index (κ3) is 3.78. The van der Waals surface area contributed by atoms with Crippen LogP contribution >= 0.6 is 0 Å². The predicted octanol–water partition coefficient (Wildman–Crippen LogP) is 2.24. The Morgan fingerprint density at radius 2 is 1.95 bits per heavy atom. The Kier molecular flexibility index (Phi) is 5.13. The van der Waals surface area contributed by atoms with Gasteiger partial charge in [0.05, 0.1) is 0 Å². The van der Waals surface area contributed by atoms with Crippen LogP contribution < -0.4 is 5.73 Å². The van der Waals surface area contributed by atoms with Gasteiger partial charge in [0.2, 0.25) is 0 Å². The molecule has 1 fully saturated rings. The molecule has 112 valence electrons. The van der Waals surface area contributed by atoms with Gasteiger partial charge in [-0.2, -0.15) is 0 Å². The Labute approximate surface area is 121 Å². The minimum Gasteiger partial charge on any atom is -0.324 e. The molecule has 0 radical (unpaired) electrons. The number of nitrogens with zero attached hydrogens (tertiary/aromatic N) is 2. The highest BCUT2D eigenvalue weighted by atomic mass is 19.1. The van der Waals surface area contributed by atoms with Crippen LogP contribution in [0.2, 0.25) is 0 Å². The molecule has 0 spiro atoms. The fraction of sp³-hybridized carbons (Fsp3) is 0.625. The second-order valence-electron chi connectivity index (χ2n) is 6.07. The van der Waals surface area contributed by atoms with Gasteiger partial charge in [-0.25, -0.2) is 4.39 Å². The van der Waals surface area contributed by atoms with E-state index in [-0.39, 0.29) is 11.9 Å². The number of piperazine rings is 1. The Bertz CT molecular complexity index is 425. The molecule has 2 rings (SSSR count). The van der Waals surface area contributed by atoms with Crippen LogP contribution in [0.15, 0.2) is 24.3 Å². The molecule has 0 amide bonds. The van der Waals surface area contributed by atoms with E-state index in [9.17, 15) is 4.39 Å². The standard InChI is InChI=1S/C16H26FN3/c1-12-10-20(11-13(2)19(12)3)8-7-16(18)14-5-4-6-15(17)9-14/h4-6,9,12-13,16H,7-8,10-11,18H2,1-3H3. The highest BCUT2D eigenvalue weighted by molar-refractivity contribution is 5.19. The Hall–Kier alpha value is -0.970. The van der Waals surface area contributed by atoms with E-state index in [1.54, 1.807) is 12.1 Å². The molecule has 4 heteroatoms. The summed E-state index contributed by atoms with van der Waals surface area (Å²) in [6, 6.07) is 7.69. The van der Waals surface area contributed by atoms with Crippen molar-refractivity contribution in [3.8, 4) is 0 Å². The molecule has 0 saturated carbocycles.